The molecule has 0 saturated heterocycles. The van der Waals surface area contributed by atoms with E-state index in [4.69, 9.17) is 0 Å². The monoisotopic (exact) mass is 289 g/mol. The van der Waals surface area contributed by atoms with Gasteiger partial charge < -0.3 is 10.6 Å². The average Bonchev–Trinajstić information content (AvgIpc) is 2.51. The van der Waals surface area contributed by atoms with Crippen molar-refractivity contribution < 1.29 is 4.79 Å². The molecule has 0 bridgehead atoms. The van der Waals surface area contributed by atoms with Crippen molar-refractivity contribution in [1.29, 1.82) is 0 Å². The van der Waals surface area contributed by atoms with Gasteiger partial charge in [0.2, 0.25) is 5.91 Å². The van der Waals surface area contributed by atoms with E-state index >= 15 is 0 Å². The summed E-state index contributed by atoms with van der Waals surface area (Å²) in [6, 6.07) is 8.76. The standard InChI is InChI=1S/C17H27N3O/c1-4-18-13(2)11-19-17(21)14(3)20-10-9-15-7-5-6-8-16(15)12-20/h5-8,13-14,18H,4,9-12H2,1-3H3,(H,19,21)/t13-,14?/m1/s1. The van der Waals surface area contributed by atoms with E-state index in [1.807, 2.05) is 6.92 Å². The van der Waals surface area contributed by atoms with E-state index < -0.39 is 0 Å². The summed E-state index contributed by atoms with van der Waals surface area (Å²) in [5.74, 6) is 0.124. The Morgan fingerprint density at radius 3 is 2.71 bits per heavy atom. The Kier molecular flexibility index (Phi) is 5.76. The van der Waals surface area contributed by atoms with E-state index in [2.05, 4.69) is 53.6 Å². The molecule has 2 rings (SSSR count). The van der Waals surface area contributed by atoms with Gasteiger partial charge in [-0.3, -0.25) is 9.69 Å². The van der Waals surface area contributed by atoms with Crippen molar-refractivity contribution in [2.75, 3.05) is 19.6 Å². The summed E-state index contributed by atoms with van der Waals surface area (Å²) in [6.07, 6.45) is 1.03. The quantitative estimate of drug-likeness (QED) is 0.835. The molecule has 1 heterocycles. The fourth-order valence-corrected chi connectivity index (χ4v) is 2.84. The molecule has 0 saturated carbocycles. The van der Waals surface area contributed by atoms with E-state index in [-0.39, 0.29) is 11.9 Å². The number of rotatable bonds is 6. The van der Waals surface area contributed by atoms with E-state index in [1.165, 1.54) is 11.1 Å². The molecule has 2 N–H and O–H groups in total. The third-order valence-electron chi connectivity index (χ3n) is 4.22. The first kappa shape index (κ1) is 16.0. The molecule has 2 atom stereocenters. The van der Waals surface area contributed by atoms with Crippen LogP contribution in [-0.4, -0.2) is 42.5 Å². The fourth-order valence-electron chi connectivity index (χ4n) is 2.84. The highest BCUT2D eigenvalue weighted by molar-refractivity contribution is 5.81. The SMILES string of the molecule is CCN[C@H](C)CNC(=O)C(C)N1CCc2ccccc2C1. The third-order valence-corrected chi connectivity index (χ3v) is 4.22. The summed E-state index contributed by atoms with van der Waals surface area (Å²) < 4.78 is 0. The Labute approximate surface area is 127 Å². The minimum Gasteiger partial charge on any atom is -0.353 e. The van der Waals surface area contributed by atoms with Crippen LogP contribution in [0, 0.1) is 0 Å². The Balaban J connectivity index is 1.86. The van der Waals surface area contributed by atoms with Gasteiger partial charge in [0.05, 0.1) is 6.04 Å². The predicted octanol–water partition coefficient (Wildman–Crippen LogP) is 1.55. The normalized spacial score (nSPS) is 17.9. The molecule has 0 aromatic heterocycles. The highest BCUT2D eigenvalue weighted by Gasteiger charge is 2.25. The van der Waals surface area contributed by atoms with Crippen LogP contribution < -0.4 is 10.6 Å². The van der Waals surface area contributed by atoms with E-state index in [0.29, 0.717) is 12.6 Å². The van der Waals surface area contributed by atoms with Crippen molar-refractivity contribution in [3.05, 3.63) is 35.4 Å². The zero-order valence-electron chi connectivity index (χ0n) is 13.4. The molecule has 21 heavy (non-hydrogen) atoms. The van der Waals surface area contributed by atoms with Gasteiger partial charge in [-0.05, 0) is 37.9 Å². The summed E-state index contributed by atoms with van der Waals surface area (Å²) in [5.41, 5.74) is 2.77. The van der Waals surface area contributed by atoms with Gasteiger partial charge in [-0.1, -0.05) is 31.2 Å². The first-order valence-electron chi connectivity index (χ1n) is 7.93. The molecular weight excluding hydrogens is 262 g/mol. The first-order chi connectivity index (χ1) is 10.1. The molecule has 4 nitrogen and oxygen atoms in total. The molecule has 0 spiro atoms. The van der Waals surface area contributed by atoms with Crippen molar-refractivity contribution >= 4 is 5.91 Å². The molecule has 1 aliphatic rings. The second-order valence-corrected chi connectivity index (χ2v) is 5.87. The van der Waals surface area contributed by atoms with Crippen molar-refractivity contribution in [3.63, 3.8) is 0 Å². The molecule has 0 fully saturated rings. The smallest absolute Gasteiger partial charge is 0.237 e. The van der Waals surface area contributed by atoms with Crippen LogP contribution in [0.5, 0.6) is 0 Å². The second kappa shape index (κ2) is 7.57. The number of amides is 1. The van der Waals surface area contributed by atoms with Crippen LogP contribution in [0.3, 0.4) is 0 Å². The highest BCUT2D eigenvalue weighted by atomic mass is 16.2. The Morgan fingerprint density at radius 2 is 2.00 bits per heavy atom. The fraction of sp³-hybridized carbons (Fsp3) is 0.588. The summed E-state index contributed by atoms with van der Waals surface area (Å²) >= 11 is 0. The molecule has 4 heteroatoms. The average molecular weight is 289 g/mol. The van der Waals surface area contributed by atoms with Gasteiger partial charge in [0.1, 0.15) is 0 Å². The topological polar surface area (TPSA) is 44.4 Å². The zero-order valence-corrected chi connectivity index (χ0v) is 13.4. The van der Waals surface area contributed by atoms with Crippen molar-refractivity contribution in [2.45, 2.75) is 45.8 Å². The van der Waals surface area contributed by atoms with E-state index in [9.17, 15) is 4.79 Å². The van der Waals surface area contributed by atoms with Crippen LogP contribution in [0.15, 0.2) is 24.3 Å². The first-order valence-corrected chi connectivity index (χ1v) is 7.93. The number of hydrogen-bond acceptors (Lipinski definition) is 3. The maximum absolute atomic E-state index is 12.3. The lowest BCUT2D eigenvalue weighted by Crippen LogP contribution is -2.49. The number of carbonyl (C=O) groups excluding carboxylic acids is 1. The van der Waals surface area contributed by atoms with Crippen LogP contribution in [0.25, 0.3) is 0 Å². The number of nitrogens with zero attached hydrogens (tertiary/aromatic N) is 1. The Hall–Kier alpha value is -1.39. The number of hydrogen-bond donors (Lipinski definition) is 2. The van der Waals surface area contributed by atoms with Gasteiger partial charge in [-0.25, -0.2) is 0 Å². The lowest BCUT2D eigenvalue weighted by Gasteiger charge is -2.33. The lowest BCUT2D eigenvalue weighted by atomic mass is 9.99. The summed E-state index contributed by atoms with van der Waals surface area (Å²) in [7, 11) is 0. The third kappa shape index (κ3) is 4.29. The molecular formula is C17H27N3O. The molecule has 1 amide bonds. The van der Waals surface area contributed by atoms with Gasteiger partial charge in [-0.15, -0.1) is 0 Å². The number of likely N-dealkylation sites (N-methyl/N-ethyl adjacent to an activating group) is 1. The lowest BCUT2D eigenvalue weighted by molar-refractivity contribution is -0.126. The van der Waals surface area contributed by atoms with Crippen LogP contribution >= 0.6 is 0 Å². The molecule has 1 aliphatic heterocycles. The molecule has 0 radical (unpaired) electrons. The summed E-state index contributed by atoms with van der Waals surface area (Å²) in [4.78, 5) is 14.5. The highest BCUT2D eigenvalue weighted by Crippen LogP contribution is 2.20. The number of benzene rings is 1. The van der Waals surface area contributed by atoms with Crippen molar-refractivity contribution in [1.82, 2.24) is 15.5 Å². The van der Waals surface area contributed by atoms with Gasteiger partial charge in [0.25, 0.3) is 0 Å². The number of nitrogens with one attached hydrogen (secondary N) is 2. The van der Waals surface area contributed by atoms with Gasteiger partial charge in [-0.2, -0.15) is 0 Å². The van der Waals surface area contributed by atoms with Crippen LogP contribution in [0.2, 0.25) is 0 Å². The molecule has 1 unspecified atom stereocenters. The van der Waals surface area contributed by atoms with Gasteiger partial charge in [0, 0.05) is 25.7 Å². The van der Waals surface area contributed by atoms with Crippen molar-refractivity contribution in [3.8, 4) is 0 Å². The van der Waals surface area contributed by atoms with Crippen molar-refractivity contribution in [2.24, 2.45) is 0 Å². The minimum absolute atomic E-state index is 0.0767. The molecule has 0 aliphatic carbocycles. The van der Waals surface area contributed by atoms with Crippen LogP contribution in [0.4, 0.5) is 0 Å². The zero-order chi connectivity index (χ0) is 15.2. The number of carbonyl (C=O) groups is 1. The summed E-state index contributed by atoms with van der Waals surface area (Å²) in [6.45, 7) is 9.59. The Morgan fingerprint density at radius 1 is 1.29 bits per heavy atom. The predicted molar refractivity (Wildman–Crippen MR) is 86.2 cm³/mol. The van der Waals surface area contributed by atoms with E-state index in [0.717, 1.165) is 26.1 Å². The molecule has 116 valence electrons. The van der Waals surface area contributed by atoms with Gasteiger partial charge in [0.15, 0.2) is 0 Å². The second-order valence-electron chi connectivity index (χ2n) is 5.87. The van der Waals surface area contributed by atoms with Gasteiger partial charge >= 0.3 is 0 Å². The largest absolute Gasteiger partial charge is 0.353 e. The van der Waals surface area contributed by atoms with E-state index in [1.54, 1.807) is 0 Å². The maximum atomic E-state index is 12.3. The minimum atomic E-state index is -0.0767. The maximum Gasteiger partial charge on any atom is 0.237 e. The van der Waals surface area contributed by atoms with Crippen LogP contribution in [-0.2, 0) is 17.8 Å². The number of fused-ring (bicyclic) bond motifs is 1. The molecule has 1 aromatic carbocycles. The Bertz CT molecular complexity index is 475. The van der Waals surface area contributed by atoms with Crippen LogP contribution in [0.1, 0.15) is 31.9 Å². The summed E-state index contributed by atoms with van der Waals surface area (Å²) in [5, 5.41) is 6.35. The molecule has 1 aromatic rings.